The first-order chi connectivity index (χ1) is 9.10. The summed E-state index contributed by atoms with van der Waals surface area (Å²) in [6.45, 7) is 6.78. The van der Waals surface area contributed by atoms with Gasteiger partial charge in [-0.1, -0.05) is 13.8 Å². The molecule has 1 fully saturated rings. The molecule has 0 radical (unpaired) electrons. The lowest BCUT2D eigenvalue weighted by molar-refractivity contribution is 0.349. The molecule has 0 aliphatic carbocycles. The number of benzene rings is 1. The van der Waals surface area contributed by atoms with Crippen LogP contribution >= 0.6 is 0 Å². The van der Waals surface area contributed by atoms with Gasteiger partial charge in [-0.3, -0.25) is 0 Å². The Bertz CT molecular complexity index is 423. The molecule has 1 N–H and O–H groups in total. The summed E-state index contributed by atoms with van der Waals surface area (Å²) in [5.74, 6) is -0.247. The molecule has 2 rings (SSSR count). The normalized spacial score (nSPS) is 23.7. The van der Waals surface area contributed by atoms with Crippen molar-refractivity contribution in [1.82, 2.24) is 5.32 Å². The zero-order valence-corrected chi connectivity index (χ0v) is 11.6. The third-order valence-corrected chi connectivity index (χ3v) is 3.59. The van der Waals surface area contributed by atoms with Gasteiger partial charge in [0.15, 0.2) is 0 Å². The molecule has 0 saturated carbocycles. The Balaban J connectivity index is 2.12. The molecule has 2 unspecified atom stereocenters. The maximum absolute atomic E-state index is 13.8. The molecule has 0 bridgehead atoms. The Morgan fingerprint density at radius 1 is 1.32 bits per heavy atom. The van der Waals surface area contributed by atoms with Crippen molar-refractivity contribution in [1.29, 1.82) is 0 Å². The SMILES string of the molecule is CCCNC1CC(C)CN(c2cc(F)ccc2F)C1. The predicted molar refractivity (Wildman–Crippen MR) is 74.4 cm³/mol. The van der Waals surface area contributed by atoms with Gasteiger partial charge in [0, 0.05) is 25.2 Å². The Morgan fingerprint density at radius 3 is 2.84 bits per heavy atom. The Kier molecular flexibility index (Phi) is 4.75. The first kappa shape index (κ1) is 14.3. The molecule has 1 aliphatic heterocycles. The van der Waals surface area contributed by atoms with Gasteiger partial charge < -0.3 is 10.2 Å². The fourth-order valence-electron chi connectivity index (χ4n) is 2.77. The van der Waals surface area contributed by atoms with Crippen LogP contribution in [0.2, 0.25) is 0 Å². The molecule has 1 saturated heterocycles. The van der Waals surface area contributed by atoms with Gasteiger partial charge in [-0.05, 0) is 37.4 Å². The highest BCUT2D eigenvalue weighted by Crippen LogP contribution is 2.26. The lowest BCUT2D eigenvalue weighted by atomic mass is 9.95. The summed E-state index contributed by atoms with van der Waals surface area (Å²) in [5.41, 5.74) is 0.384. The van der Waals surface area contributed by atoms with Crippen LogP contribution in [0, 0.1) is 17.6 Å². The van der Waals surface area contributed by atoms with Crippen molar-refractivity contribution in [3.8, 4) is 0 Å². The second kappa shape index (κ2) is 6.33. The van der Waals surface area contributed by atoms with Gasteiger partial charge in [0.2, 0.25) is 0 Å². The summed E-state index contributed by atoms with van der Waals surface area (Å²) < 4.78 is 27.1. The van der Waals surface area contributed by atoms with Crippen LogP contribution in [-0.4, -0.2) is 25.7 Å². The molecule has 0 amide bonds. The van der Waals surface area contributed by atoms with E-state index >= 15 is 0 Å². The maximum atomic E-state index is 13.8. The Labute approximate surface area is 113 Å². The van der Waals surface area contributed by atoms with E-state index in [1.54, 1.807) is 0 Å². The van der Waals surface area contributed by atoms with Gasteiger partial charge >= 0.3 is 0 Å². The van der Waals surface area contributed by atoms with Crippen molar-refractivity contribution in [3.63, 3.8) is 0 Å². The van der Waals surface area contributed by atoms with Gasteiger partial charge in [0.25, 0.3) is 0 Å². The van der Waals surface area contributed by atoms with Crippen LogP contribution in [0.1, 0.15) is 26.7 Å². The first-order valence-corrected chi connectivity index (χ1v) is 7.03. The van der Waals surface area contributed by atoms with E-state index < -0.39 is 0 Å². The number of piperidine rings is 1. The van der Waals surface area contributed by atoms with Crippen molar-refractivity contribution >= 4 is 5.69 Å². The van der Waals surface area contributed by atoms with E-state index in [1.165, 1.54) is 18.2 Å². The van der Waals surface area contributed by atoms with Gasteiger partial charge in [-0.2, -0.15) is 0 Å². The van der Waals surface area contributed by atoms with Crippen molar-refractivity contribution in [2.24, 2.45) is 5.92 Å². The Morgan fingerprint density at radius 2 is 2.11 bits per heavy atom. The molecule has 2 nitrogen and oxygen atoms in total. The summed E-state index contributed by atoms with van der Waals surface area (Å²) in [6, 6.07) is 4.02. The summed E-state index contributed by atoms with van der Waals surface area (Å²) >= 11 is 0. The van der Waals surface area contributed by atoms with E-state index in [9.17, 15) is 8.78 Å². The van der Waals surface area contributed by atoms with E-state index in [-0.39, 0.29) is 11.6 Å². The van der Waals surface area contributed by atoms with E-state index in [4.69, 9.17) is 0 Å². The standard InChI is InChI=1S/C15H22F2N2/c1-3-6-18-13-7-11(2)9-19(10-13)15-8-12(16)4-5-14(15)17/h4-5,8,11,13,18H,3,6-7,9-10H2,1-2H3. The zero-order chi connectivity index (χ0) is 13.8. The van der Waals surface area contributed by atoms with E-state index in [0.717, 1.165) is 32.5 Å². The van der Waals surface area contributed by atoms with E-state index in [2.05, 4.69) is 19.2 Å². The molecule has 0 aromatic heterocycles. The number of nitrogens with zero attached hydrogens (tertiary/aromatic N) is 1. The number of hydrogen-bond donors (Lipinski definition) is 1. The van der Waals surface area contributed by atoms with Crippen molar-refractivity contribution in [2.45, 2.75) is 32.7 Å². The number of rotatable bonds is 4. The first-order valence-electron chi connectivity index (χ1n) is 7.03. The fraction of sp³-hybridized carbons (Fsp3) is 0.600. The molecular formula is C15H22F2N2. The zero-order valence-electron chi connectivity index (χ0n) is 11.6. The largest absolute Gasteiger partial charge is 0.367 e. The molecule has 1 aliphatic rings. The number of hydrogen-bond acceptors (Lipinski definition) is 2. The molecule has 4 heteroatoms. The summed E-state index contributed by atoms with van der Waals surface area (Å²) in [4.78, 5) is 1.96. The minimum Gasteiger partial charge on any atom is -0.367 e. The van der Waals surface area contributed by atoms with E-state index in [1.807, 2.05) is 4.90 Å². The van der Waals surface area contributed by atoms with Gasteiger partial charge in [0.1, 0.15) is 11.6 Å². The lowest BCUT2D eigenvalue weighted by Gasteiger charge is -2.38. The molecule has 106 valence electrons. The van der Waals surface area contributed by atoms with Crippen LogP contribution in [0.15, 0.2) is 18.2 Å². The third-order valence-electron chi connectivity index (χ3n) is 3.59. The molecule has 1 aromatic carbocycles. The van der Waals surface area contributed by atoms with Crippen LogP contribution in [0.5, 0.6) is 0 Å². The minimum atomic E-state index is -0.382. The average Bonchev–Trinajstić information content (AvgIpc) is 2.38. The quantitative estimate of drug-likeness (QED) is 0.902. The number of anilines is 1. The minimum absolute atomic E-state index is 0.343. The maximum Gasteiger partial charge on any atom is 0.146 e. The van der Waals surface area contributed by atoms with Crippen molar-refractivity contribution in [3.05, 3.63) is 29.8 Å². The fourth-order valence-corrected chi connectivity index (χ4v) is 2.77. The molecule has 0 spiro atoms. The molecular weight excluding hydrogens is 246 g/mol. The van der Waals surface area contributed by atoms with Crippen LogP contribution in [0.25, 0.3) is 0 Å². The predicted octanol–water partition coefficient (Wildman–Crippen LogP) is 3.18. The third kappa shape index (κ3) is 3.66. The highest BCUT2D eigenvalue weighted by atomic mass is 19.1. The van der Waals surface area contributed by atoms with Gasteiger partial charge in [0.05, 0.1) is 5.69 Å². The molecule has 19 heavy (non-hydrogen) atoms. The number of nitrogens with one attached hydrogen (secondary N) is 1. The molecule has 1 heterocycles. The highest BCUT2D eigenvalue weighted by molar-refractivity contribution is 5.48. The summed E-state index contributed by atoms with van der Waals surface area (Å²) in [6.07, 6.45) is 2.17. The Hall–Kier alpha value is -1.16. The van der Waals surface area contributed by atoms with Crippen molar-refractivity contribution < 1.29 is 8.78 Å². The second-order valence-corrected chi connectivity index (χ2v) is 5.49. The number of halogens is 2. The molecule has 1 aromatic rings. The highest BCUT2D eigenvalue weighted by Gasteiger charge is 2.26. The summed E-state index contributed by atoms with van der Waals surface area (Å²) in [7, 11) is 0. The van der Waals surface area contributed by atoms with Crippen LogP contribution in [-0.2, 0) is 0 Å². The topological polar surface area (TPSA) is 15.3 Å². The average molecular weight is 268 g/mol. The van der Waals surface area contributed by atoms with Gasteiger partial charge in [-0.15, -0.1) is 0 Å². The van der Waals surface area contributed by atoms with Gasteiger partial charge in [-0.25, -0.2) is 8.78 Å². The monoisotopic (exact) mass is 268 g/mol. The summed E-state index contributed by atoms with van der Waals surface area (Å²) in [5, 5.41) is 3.48. The smallest absolute Gasteiger partial charge is 0.146 e. The molecule has 2 atom stereocenters. The van der Waals surface area contributed by atoms with Crippen LogP contribution in [0.3, 0.4) is 0 Å². The lowest BCUT2D eigenvalue weighted by Crippen LogP contribution is -2.49. The van der Waals surface area contributed by atoms with Crippen molar-refractivity contribution in [2.75, 3.05) is 24.5 Å². The second-order valence-electron chi connectivity index (χ2n) is 5.49. The van der Waals surface area contributed by atoms with Crippen LogP contribution in [0.4, 0.5) is 14.5 Å². The van der Waals surface area contributed by atoms with Crippen LogP contribution < -0.4 is 10.2 Å². The van der Waals surface area contributed by atoms with E-state index in [0.29, 0.717) is 17.6 Å².